The van der Waals surface area contributed by atoms with Gasteiger partial charge in [-0.2, -0.15) is 0 Å². The van der Waals surface area contributed by atoms with Crippen LogP contribution in [0.1, 0.15) is 20.8 Å². The third-order valence-electron chi connectivity index (χ3n) is 2.78. The molecule has 2 heteroatoms. The minimum absolute atomic E-state index is 1.00. The van der Waals surface area contributed by atoms with Crippen molar-refractivity contribution in [3.63, 3.8) is 0 Å². The summed E-state index contributed by atoms with van der Waals surface area (Å²) in [5, 5.41) is 0. The summed E-state index contributed by atoms with van der Waals surface area (Å²) >= 11 is 0. The van der Waals surface area contributed by atoms with Crippen LogP contribution in [0.4, 0.5) is 0 Å². The van der Waals surface area contributed by atoms with E-state index in [-0.39, 0.29) is 0 Å². The molecule has 0 spiro atoms. The van der Waals surface area contributed by atoms with E-state index in [1.165, 1.54) is 37.3 Å². The van der Waals surface area contributed by atoms with Crippen LogP contribution in [0.3, 0.4) is 0 Å². The van der Waals surface area contributed by atoms with Crippen molar-refractivity contribution in [2.45, 2.75) is 46.0 Å². The molecule has 0 aromatic carbocycles. The highest BCUT2D eigenvalue weighted by Crippen LogP contribution is 2.19. The Bertz CT molecular complexity index is 171. The van der Waals surface area contributed by atoms with E-state index < -0.39 is 8.07 Å². The summed E-state index contributed by atoms with van der Waals surface area (Å²) in [4.78, 5) is 2.52. The Morgan fingerprint density at radius 3 is 2.07 bits per heavy atom. The zero-order valence-electron chi connectivity index (χ0n) is 10.7. The monoisotopic (exact) mass is 213 g/mol. The van der Waals surface area contributed by atoms with Crippen molar-refractivity contribution < 1.29 is 0 Å². The third kappa shape index (κ3) is 6.38. The van der Waals surface area contributed by atoms with Crippen LogP contribution in [0.2, 0.25) is 25.2 Å². The largest absolute Gasteiger partial charge is 0.304 e. The number of rotatable bonds is 7. The van der Waals surface area contributed by atoms with Crippen molar-refractivity contribution >= 4 is 8.07 Å². The zero-order chi connectivity index (χ0) is 11.2. The zero-order valence-corrected chi connectivity index (χ0v) is 11.7. The second kappa shape index (κ2) is 6.41. The summed E-state index contributed by atoms with van der Waals surface area (Å²) in [6.07, 6.45) is 0. The first-order chi connectivity index (χ1) is 6.41. The van der Waals surface area contributed by atoms with E-state index in [0.29, 0.717) is 0 Å². The molecule has 0 heterocycles. The van der Waals surface area contributed by atoms with Gasteiger partial charge in [-0.1, -0.05) is 32.5 Å². The average molecular weight is 213 g/mol. The molecule has 0 aromatic heterocycles. The predicted octanol–water partition coefficient (Wildman–Crippen LogP) is 3.61. The van der Waals surface area contributed by atoms with Gasteiger partial charge < -0.3 is 4.90 Å². The molecular formula is C12H27NSi. The Balaban J connectivity index is 3.90. The second-order valence-electron chi connectivity index (χ2n) is 5.07. The lowest BCUT2D eigenvalue weighted by molar-refractivity contribution is 0.319. The Hall–Kier alpha value is -0.0831. The normalized spacial score (nSPS) is 12.1. The Morgan fingerprint density at radius 2 is 1.71 bits per heavy atom. The van der Waals surface area contributed by atoms with Crippen molar-refractivity contribution in [1.82, 2.24) is 4.90 Å². The highest BCUT2D eigenvalue weighted by Gasteiger charge is 2.20. The molecule has 0 aliphatic carbocycles. The lowest BCUT2D eigenvalue weighted by atomic mass is 10.4. The van der Waals surface area contributed by atoms with Crippen molar-refractivity contribution in [3.8, 4) is 0 Å². The fourth-order valence-corrected chi connectivity index (χ4v) is 4.64. The van der Waals surface area contributed by atoms with Gasteiger partial charge in [0.15, 0.2) is 0 Å². The fourth-order valence-electron chi connectivity index (χ4n) is 1.91. The SMILES string of the molecule is C=C(C)C[Si](C)(C)CCN(CC)CC. The van der Waals surface area contributed by atoms with E-state index >= 15 is 0 Å². The summed E-state index contributed by atoms with van der Waals surface area (Å²) < 4.78 is 0. The van der Waals surface area contributed by atoms with Crippen LogP contribution < -0.4 is 0 Å². The standard InChI is InChI=1S/C12H27NSi/c1-7-13(8-2)9-10-14(5,6)11-12(3)4/h3,7-11H2,1-2,4-6H3. The van der Waals surface area contributed by atoms with Crippen molar-refractivity contribution in [2.24, 2.45) is 0 Å². The average Bonchev–Trinajstić information content (AvgIpc) is 2.03. The van der Waals surface area contributed by atoms with E-state index in [0.717, 1.165) is 0 Å². The quantitative estimate of drug-likeness (QED) is 0.461. The molecule has 0 bridgehead atoms. The molecule has 0 radical (unpaired) electrons. The minimum Gasteiger partial charge on any atom is -0.304 e. The summed E-state index contributed by atoms with van der Waals surface area (Å²) in [7, 11) is -1.00. The van der Waals surface area contributed by atoms with Crippen LogP contribution >= 0.6 is 0 Å². The molecule has 0 aliphatic heterocycles. The number of allylic oxidation sites excluding steroid dienone is 1. The first-order valence-electron chi connectivity index (χ1n) is 5.78. The molecular weight excluding hydrogens is 186 g/mol. The van der Waals surface area contributed by atoms with Crippen LogP contribution in [0.5, 0.6) is 0 Å². The maximum Gasteiger partial charge on any atom is 0.0526 e. The minimum atomic E-state index is -1.00. The summed E-state index contributed by atoms with van der Waals surface area (Å²) in [5.74, 6) is 0. The van der Waals surface area contributed by atoms with Gasteiger partial charge in [-0.05, 0) is 38.6 Å². The maximum atomic E-state index is 4.03. The van der Waals surface area contributed by atoms with Gasteiger partial charge in [0.05, 0.1) is 8.07 Å². The summed E-state index contributed by atoms with van der Waals surface area (Å²) in [6, 6.07) is 2.69. The molecule has 0 rings (SSSR count). The molecule has 0 saturated heterocycles. The maximum absolute atomic E-state index is 4.03. The van der Waals surface area contributed by atoms with Crippen LogP contribution in [-0.2, 0) is 0 Å². The van der Waals surface area contributed by atoms with Gasteiger partial charge in [-0.15, -0.1) is 6.58 Å². The number of nitrogens with zero attached hydrogens (tertiary/aromatic N) is 1. The smallest absolute Gasteiger partial charge is 0.0526 e. The van der Waals surface area contributed by atoms with Crippen molar-refractivity contribution in [1.29, 1.82) is 0 Å². The lowest BCUT2D eigenvalue weighted by Gasteiger charge is -2.26. The molecule has 0 amide bonds. The van der Waals surface area contributed by atoms with E-state index in [9.17, 15) is 0 Å². The topological polar surface area (TPSA) is 3.24 Å². The summed E-state index contributed by atoms with van der Waals surface area (Å²) in [5.41, 5.74) is 1.36. The highest BCUT2D eigenvalue weighted by molar-refractivity contribution is 6.78. The van der Waals surface area contributed by atoms with Crippen LogP contribution in [0, 0.1) is 0 Å². The van der Waals surface area contributed by atoms with Gasteiger partial charge in [0, 0.05) is 0 Å². The highest BCUT2D eigenvalue weighted by atomic mass is 28.3. The van der Waals surface area contributed by atoms with Crippen molar-refractivity contribution in [3.05, 3.63) is 12.2 Å². The number of hydrogen-bond acceptors (Lipinski definition) is 1. The van der Waals surface area contributed by atoms with Gasteiger partial charge >= 0.3 is 0 Å². The van der Waals surface area contributed by atoms with Gasteiger partial charge in [0.1, 0.15) is 0 Å². The van der Waals surface area contributed by atoms with E-state index in [1.807, 2.05) is 0 Å². The molecule has 14 heavy (non-hydrogen) atoms. The van der Waals surface area contributed by atoms with Gasteiger partial charge in [0.2, 0.25) is 0 Å². The molecule has 0 N–H and O–H groups in total. The molecule has 84 valence electrons. The van der Waals surface area contributed by atoms with E-state index in [4.69, 9.17) is 0 Å². The lowest BCUT2D eigenvalue weighted by Crippen LogP contribution is -2.33. The van der Waals surface area contributed by atoms with Crippen LogP contribution in [0.15, 0.2) is 12.2 Å². The third-order valence-corrected chi connectivity index (χ3v) is 5.92. The Kier molecular flexibility index (Phi) is 6.37. The summed E-state index contributed by atoms with van der Waals surface area (Å²) in [6.45, 7) is 19.3. The molecule has 1 nitrogen and oxygen atoms in total. The molecule has 0 aromatic rings. The molecule has 0 atom stereocenters. The van der Waals surface area contributed by atoms with E-state index in [2.05, 4.69) is 45.3 Å². The Morgan fingerprint density at radius 1 is 1.21 bits per heavy atom. The molecule has 0 saturated carbocycles. The van der Waals surface area contributed by atoms with Crippen LogP contribution in [0.25, 0.3) is 0 Å². The Labute approximate surface area is 91.2 Å². The molecule has 0 fully saturated rings. The van der Waals surface area contributed by atoms with Gasteiger partial charge in [0.25, 0.3) is 0 Å². The first-order valence-corrected chi connectivity index (χ1v) is 9.19. The van der Waals surface area contributed by atoms with Crippen molar-refractivity contribution in [2.75, 3.05) is 19.6 Å². The predicted molar refractivity (Wildman–Crippen MR) is 69.7 cm³/mol. The first kappa shape index (κ1) is 13.9. The molecule has 0 unspecified atom stereocenters. The molecule has 0 aliphatic rings. The van der Waals surface area contributed by atoms with Crippen LogP contribution in [-0.4, -0.2) is 32.6 Å². The van der Waals surface area contributed by atoms with Gasteiger partial charge in [-0.25, -0.2) is 0 Å². The fraction of sp³-hybridized carbons (Fsp3) is 0.833. The number of hydrogen-bond donors (Lipinski definition) is 0. The van der Waals surface area contributed by atoms with E-state index in [1.54, 1.807) is 0 Å². The van der Waals surface area contributed by atoms with Gasteiger partial charge in [-0.3, -0.25) is 0 Å². The second-order valence-corrected chi connectivity index (χ2v) is 10.3.